The number of rotatable bonds is 4. The molecule has 4 rings (SSSR count). The second-order valence-electron chi connectivity index (χ2n) is 7.48. The fraction of sp³-hybridized carbons (Fsp3) is 0.391. The lowest BCUT2D eigenvalue weighted by Gasteiger charge is -2.31. The van der Waals surface area contributed by atoms with E-state index in [0.717, 1.165) is 12.8 Å². The number of nitrogens with one attached hydrogen (secondary N) is 1. The quantitative estimate of drug-likeness (QED) is 0.881. The van der Waals surface area contributed by atoms with Crippen molar-refractivity contribution in [3.8, 4) is 11.1 Å². The molecule has 2 aliphatic rings. The summed E-state index contributed by atoms with van der Waals surface area (Å²) < 4.78 is 5.72. The first-order chi connectivity index (χ1) is 13.7. The lowest BCUT2D eigenvalue weighted by molar-refractivity contribution is -0.126. The summed E-state index contributed by atoms with van der Waals surface area (Å²) in [5.74, 6) is -0.0619. The fourth-order valence-corrected chi connectivity index (χ4v) is 4.36. The van der Waals surface area contributed by atoms with Gasteiger partial charge in [0.15, 0.2) is 0 Å². The van der Waals surface area contributed by atoms with E-state index in [-0.39, 0.29) is 23.8 Å². The van der Waals surface area contributed by atoms with Crippen LogP contribution in [0.2, 0.25) is 0 Å². The van der Waals surface area contributed by atoms with Crippen LogP contribution in [0.25, 0.3) is 11.1 Å². The molecule has 0 bridgehead atoms. The Hall–Kier alpha value is -2.82. The highest BCUT2D eigenvalue weighted by molar-refractivity contribution is 5.80. The van der Waals surface area contributed by atoms with E-state index >= 15 is 0 Å². The van der Waals surface area contributed by atoms with E-state index in [4.69, 9.17) is 4.74 Å². The van der Waals surface area contributed by atoms with Crippen molar-refractivity contribution in [1.29, 1.82) is 0 Å². The Morgan fingerprint density at radius 3 is 2.36 bits per heavy atom. The third kappa shape index (κ3) is 3.49. The van der Waals surface area contributed by atoms with Crippen molar-refractivity contribution in [3.63, 3.8) is 0 Å². The number of amides is 2. The van der Waals surface area contributed by atoms with Gasteiger partial charge in [0.05, 0.1) is 5.92 Å². The molecule has 1 N–H and O–H groups in total. The molecule has 2 aromatic carbocycles. The Labute approximate surface area is 165 Å². The Bertz CT molecular complexity index is 834. The molecule has 1 unspecified atom stereocenters. The van der Waals surface area contributed by atoms with Crippen LogP contribution in [-0.4, -0.2) is 43.1 Å². The molecule has 2 aromatic rings. The fourth-order valence-electron chi connectivity index (χ4n) is 4.36. The minimum atomic E-state index is -0.323. The molecule has 1 atom stereocenters. The van der Waals surface area contributed by atoms with E-state index < -0.39 is 0 Å². The standard InChI is InChI=1S/C23H26N2O3/c1-2-24-22(26)16-8-7-13-25(14-16)23(27)28-15-21-19-11-5-3-9-17(19)18-10-4-6-12-20(18)21/h3-6,9-12,16,21H,2,7-8,13-15H2,1H3,(H,24,26). The maximum absolute atomic E-state index is 12.7. The summed E-state index contributed by atoms with van der Waals surface area (Å²) >= 11 is 0. The minimum absolute atomic E-state index is 0.0265. The predicted molar refractivity (Wildman–Crippen MR) is 108 cm³/mol. The molecule has 1 aliphatic heterocycles. The second-order valence-corrected chi connectivity index (χ2v) is 7.48. The maximum Gasteiger partial charge on any atom is 0.409 e. The zero-order chi connectivity index (χ0) is 19.5. The number of benzene rings is 2. The topological polar surface area (TPSA) is 58.6 Å². The summed E-state index contributed by atoms with van der Waals surface area (Å²) in [5, 5.41) is 2.86. The van der Waals surface area contributed by atoms with Gasteiger partial charge in [0.2, 0.25) is 5.91 Å². The molecule has 5 nitrogen and oxygen atoms in total. The average Bonchev–Trinajstić information content (AvgIpc) is 3.06. The van der Waals surface area contributed by atoms with E-state index in [1.54, 1.807) is 4.90 Å². The zero-order valence-electron chi connectivity index (χ0n) is 16.2. The van der Waals surface area contributed by atoms with Gasteiger partial charge in [-0.15, -0.1) is 0 Å². The van der Waals surface area contributed by atoms with Crippen LogP contribution in [0, 0.1) is 5.92 Å². The zero-order valence-corrected chi connectivity index (χ0v) is 16.2. The van der Waals surface area contributed by atoms with Gasteiger partial charge in [-0.1, -0.05) is 48.5 Å². The van der Waals surface area contributed by atoms with Crippen molar-refractivity contribution in [2.24, 2.45) is 5.92 Å². The molecule has 1 fully saturated rings. The average molecular weight is 378 g/mol. The van der Waals surface area contributed by atoms with E-state index in [1.165, 1.54) is 22.3 Å². The molecule has 0 saturated carbocycles. The lowest BCUT2D eigenvalue weighted by Crippen LogP contribution is -2.45. The molecule has 1 heterocycles. The van der Waals surface area contributed by atoms with Crippen LogP contribution in [0.3, 0.4) is 0 Å². The van der Waals surface area contributed by atoms with Gasteiger partial charge >= 0.3 is 6.09 Å². The smallest absolute Gasteiger partial charge is 0.409 e. The van der Waals surface area contributed by atoms with Gasteiger partial charge in [-0.05, 0) is 42.0 Å². The molecule has 0 spiro atoms. The van der Waals surface area contributed by atoms with E-state index in [9.17, 15) is 9.59 Å². The number of hydrogen-bond acceptors (Lipinski definition) is 3. The normalized spacial score (nSPS) is 18.3. The summed E-state index contributed by atoms with van der Waals surface area (Å²) in [7, 11) is 0. The van der Waals surface area contributed by atoms with Gasteiger partial charge in [0, 0.05) is 25.6 Å². The molecule has 1 aliphatic carbocycles. The van der Waals surface area contributed by atoms with Crippen LogP contribution >= 0.6 is 0 Å². The summed E-state index contributed by atoms with van der Waals surface area (Å²) in [5.41, 5.74) is 4.84. The first kappa shape index (κ1) is 18.5. The van der Waals surface area contributed by atoms with E-state index in [0.29, 0.717) is 26.2 Å². The number of fused-ring (bicyclic) bond motifs is 3. The summed E-state index contributed by atoms with van der Waals surface area (Å²) in [4.78, 5) is 26.5. The minimum Gasteiger partial charge on any atom is -0.448 e. The van der Waals surface area contributed by atoms with E-state index in [1.807, 2.05) is 31.2 Å². The number of hydrogen-bond donors (Lipinski definition) is 1. The molecule has 0 aromatic heterocycles. The third-order valence-electron chi connectivity index (χ3n) is 5.74. The molecule has 1 saturated heterocycles. The first-order valence-electron chi connectivity index (χ1n) is 10.1. The summed E-state index contributed by atoms with van der Waals surface area (Å²) in [6.45, 7) is 3.91. The first-order valence-corrected chi connectivity index (χ1v) is 10.1. The Morgan fingerprint density at radius 2 is 1.71 bits per heavy atom. The third-order valence-corrected chi connectivity index (χ3v) is 5.74. The number of ether oxygens (including phenoxy) is 1. The van der Waals surface area contributed by atoms with Gasteiger partial charge < -0.3 is 15.0 Å². The van der Waals surface area contributed by atoms with Crippen LogP contribution in [-0.2, 0) is 9.53 Å². The van der Waals surface area contributed by atoms with Crippen molar-refractivity contribution < 1.29 is 14.3 Å². The molecule has 28 heavy (non-hydrogen) atoms. The lowest BCUT2D eigenvalue weighted by atomic mass is 9.97. The number of nitrogens with zero attached hydrogens (tertiary/aromatic N) is 1. The molecule has 5 heteroatoms. The Balaban J connectivity index is 1.43. The summed E-state index contributed by atoms with van der Waals surface area (Å²) in [6, 6.07) is 16.6. The maximum atomic E-state index is 12.7. The Kier molecular flexibility index (Phi) is 5.33. The highest BCUT2D eigenvalue weighted by Gasteiger charge is 2.32. The molecule has 2 amide bonds. The monoisotopic (exact) mass is 378 g/mol. The van der Waals surface area contributed by atoms with Crippen molar-refractivity contribution in [1.82, 2.24) is 10.2 Å². The second kappa shape index (κ2) is 8.05. The van der Waals surface area contributed by atoms with Crippen LogP contribution in [0.4, 0.5) is 4.79 Å². The highest BCUT2D eigenvalue weighted by atomic mass is 16.6. The number of carbonyl (C=O) groups is 2. The SMILES string of the molecule is CCNC(=O)C1CCCN(C(=O)OCC2c3ccccc3-c3ccccc32)C1. The van der Waals surface area contributed by atoms with Crippen LogP contribution in [0.15, 0.2) is 48.5 Å². The predicted octanol–water partition coefficient (Wildman–Crippen LogP) is 3.78. The van der Waals surface area contributed by atoms with Gasteiger partial charge in [0.1, 0.15) is 6.61 Å². The molecule has 0 radical (unpaired) electrons. The number of likely N-dealkylation sites (tertiary alicyclic amines) is 1. The largest absolute Gasteiger partial charge is 0.448 e. The van der Waals surface area contributed by atoms with Crippen molar-refractivity contribution in [2.75, 3.05) is 26.2 Å². The molecule has 146 valence electrons. The van der Waals surface area contributed by atoms with Crippen LogP contribution in [0.5, 0.6) is 0 Å². The molecular formula is C23H26N2O3. The van der Waals surface area contributed by atoms with Gasteiger partial charge in [-0.25, -0.2) is 4.79 Å². The number of carbonyl (C=O) groups excluding carboxylic acids is 2. The highest BCUT2D eigenvalue weighted by Crippen LogP contribution is 2.44. The van der Waals surface area contributed by atoms with Crippen molar-refractivity contribution >= 4 is 12.0 Å². The van der Waals surface area contributed by atoms with Gasteiger partial charge in [0.25, 0.3) is 0 Å². The van der Waals surface area contributed by atoms with E-state index in [2.05, 4.69) is 29.6 Å². The van der Waals surface area contributed by atoms with Crippen LogP contribution < -0.4 is 5.32 Å². The summed E-state index contributed by atoms with van der Waals surface area (Å²) in [6.07, 6.45) is 1.32. The van der Waals surface area contributed by atoms with Gasteiger partial charge in [-0.2, -0.15) is 0 Å². The molecular weight excluding hydrogens is 352 g/mol. The number of piperidine rings is 1. The van der Waals surface area contributed by atoms with Crippen molar-refractivity contribution in [2.45, 2.75) is 25.7 Å². The van der Waals surface area contributed by atoms with Gasteiger partial charge in [-0.3, -0.25) is 4.79 Å². The van der Waals surface area contributed by atoms with Crippen molar-refractivity contribution in [3.05, 3.63) is 59.7 Å². The Morgan fingerprint density at radius 1 is 1.07 bits per heavy atom. The van der Waals surface area contributed by atoms with Crippen LogP contribution in [0.1, 0.15) is 36.8 Å².